The van der Waals surface area contributed by atoms with Crippen molar-refractivity contribution >= 4 is 21.5 Å². The van der Waals surface area contributed by atoms with Crippen LogP contribution in [0.5, 0.6) is 5.75 Å². The maximum absolute atomic E-state index is 12.1. The highest BCUT2D eigenvalue weighted by atomic mass is 32.2. The molecule has 1 heterocycles. The number of hydrogen-bond donors (Lipinski definition) is 2. The Balaban J connectivity index is 2.34. The molecule has 2 rings (SSSR count). The van der Waals surface area contributed by atoms with Crippen LogP contribution in [-0.4, -0.2) is 25.3 Å². The molecule has 0 saturated carbocycles. The molecule has 0 radical (unpaired) electrons. The lowest BCUT2D eigenvalue weighted by molar-refractivity contribution is 0.415. The number of aromatic nitrogens is 2. The number of nitrogen functional groups attached to an aromatic ring is 1. The number of benzene rings is 1. The van der Waals surface area contributed by atoms with Gasteiger partial charge in [0.1, 0.15) is 5.75 Å². The molecule has 0 spiro atoms. The van der Waals surface area contributed by atoms with Gasteiger partial charge < -0.3 is 10.5 Å². The van der Waals surface area contributed by atoms with E-state index < -0.39 is 10.0 Å². The molecular weight excluding hydrogens is 268 g/mol. The number of rotatable bonds is 4. The minimum atomic E-state index is -3.71. The smallest absolute Gasteiger partial charge is 0.263 e. The van der Waals surface area contributed by atoms with Crippen molar-refractivity contribution in [3.63, 3.8) is 0 Å². The lowest BCUT2D eigenvalue weighted by atomic mass is 10.3. The summed E-state index contributed by atoms with van der Waals surface area (Å²) >= 11 is 0. The molecular formula is C11H14N4O3S. The summed E-state index contributed by atoms with van der Waals surface area (Å²) < 4.78 is 33.1. The zero-order valence-electron chi connectivity index (χ0n) is 10.5. The van der Waals surface area contributed by atoms with Gasteiger partial charge >= 0.3 is 0 Å². The van der Waals surface area contributed by atoms with Crippen molar-refractivity contribution in [2.24, 2.45) is 7.05 Å². The fourth-order valence-electron chi connectivity index (χ4n) is 1.52. The zero-order valence-corrected chi connectivity index (χ0v) is 11.3. The van der Waals surface area contributed by atoms with Crippen molar-refractivity contribution in [3.8, 4) is 5.75 Å². The average molecular weight is 282 g/mol. The molecule has 0 saturated heterocycles. The molecule has 3 N–H and O–H groups in total. The van der Waals surface area contributed by atoms with Crippen LogP contribution in [0.25, 0.3) is 0 Å². The summed E-state index contributed by atoms with van der Waals surface area (Å²) in [5.41, 5.74) is 6.02. The molecule has 2 aromatic rings. The molecule has 7 nitrogen and oxygen atoms in total. The Morgan fingerprint density at radius 3 is 2.68 bits per heavy atom. The number of nitrogens with zero attached hydrogens (tertiary/aromatic N) is 2. The fraction of sp³-hybridized carbons (Fsp3) is 0.182. The first-order chi connectivity index (χ1) is 8.92. The minimum absolute atomic E-state index is 0.0594. The van der Waals surface area contributed by atoms with E-state index in [-0.39, 0.29) is 10.7 Å². The number of nitrogens with one attached hydrogen (secondary N) is 1. The Bertz CT molecular complexity index is 694. The first-order valence-corrected chi connectivity index (χ1v) is 6.86. The third kappa shape index (κ3) is 2.79. The van der Waals surface area contributed by atoms with E-state index in [1.54, 1.807) is 19.3 Å². The Labute approximate surface area is 111 Å². The van der Waals surface area contributed by atoms with Gasteiger partial charge in [-0.2, -0.15) is 5.10 Å². The maximum Gasteiger partial charge on any atom is 0.263 e. The van der Waals surface area contributed by atoms with Crippen LogP contribution in [0, 0.1) is 0 Å². The first-order valence-electron chi connectivity index (χ1n) is 5.38. The SMILES string of the molecule is COc1cc(S(=O)(=O)Nc2ccn(C)n2)ccc1N. The van der Waals surface area contributed by atoms with Gasteiger partial charge in [-0.15, -0.1) is 0 Å². The van der Waals surface area contributed by atoms with Crippen molar-refractivity contribution in [1.82, 2.24) is 9.78 Å². The number of anilines is 2. The Hall–Kier alpha value is -2.22. The molecule has 0 bridgehead atoms. The molecule has 0 aliphatic rings. The van der Waals surface area contributed by atoms with Crippen LogP contribution < -0.4 is 15.2 Å². The second-order valence-corrected chi connectivity index (χ2v) is 5.57. The van der Waals surface area contributed by atoms with Crippen LogP contribution in [0.2, 0.25) is 0 Å². The standard InChI is InChI=1S/C11H14N4O3S/c1-15-6-5-11(13-15)14-19(16,17)8-3-4-9(12)10(7-8)18-2/h3-7H,12H2,1-2H3,(H,13,14). The molecule has 102 valence electrons. The maximum atomic E-state index is 12.1. The number of methoxy groups -OCH3 is 1. The van der Waals surface area contributed by atoms with E-state index in [4.69, 9.17) is 10.5 Å². The summed E-state index contributed by atoms with van der Waals surface area (Å²) in [6, 6.07) is 5.81. The third-order valence-electron chi connectivity index (χ3n) is 2.47. The first kappa shape index (κ1) is 13.2. The molecule has 0 aliphatic carbocycles. The summed E-state index contributed by atoms with van der Waals surface area (Å²) in [4.78, 5) is 0.0594. The van der Waals surface area contributed by atoms with Gasteiger partial charge in [-0.1, -0.05) is 0 Å². The lowest BCUT2D eigenvalue weighted by Crippen LogP contribution is -2.14. The van der Waals surface area contributed by atoms with Gasteiger partial charge in [0.25, 0.3) is 10.0 Å². The van der Waals surface area contributed by atoms with E-state index in [9.17, 15) is 8.42 Å². The van der Waals surface area contributed by atoms with Crippen molar-refractivity contribution in [2.75, 3.05) is 17.6 Å². The Kier molecular flexibility index (Phi) is 3.34. The quantitative estimate of drug-likeness (QED) is 0.808. The monoisotopic (exact) mass is 282 g/mol. The molecule has 0 fully saturated rings. The average Bonchev–Trinajstić information content (AvgIpc) is 2.74. The van der Waals surface area contributed by atoms with Gasteiger partial charge in [-0.05, 0) is 12.1 Å². The van der Waals surface area contributed by atoms with Crippen LogP contribution in [0.1, 0.15) is 0 Å². The van der Waals surface area contributed by atoms with Gasteiger partial charge in [-0.3, -0.25) is 9.40 Å². The Morgan fingerprint density at radius 1 is 1.37 bits per heavy atom. The summed E-state index contributed by atoms with van der Waals surface area (Å²) in [5.74, 6) is 0.558. The summed E-state index contributed by atoms with van der Waals surface area (Å²) in [7, 11) is -0.587. The second kappa shape index (κ2) is 4.81. The topological polar surface area (TPSA) is 99.2 Å². The largest absolute Gasteiger partial charge is 0.495 e. The van der Waals surface area contributed by atoms with E-state index in [1.807, 2.05) is 0 Å². The van der Waals surface area contributed by atoms with Crippen LogP contribution in [-0.2, 0) is 17.1 Å². The number of nitrogens with two attached hydrogens (primary N) is 1. The molecule has 0 aliphatic heterocycles. The number of hydrogen-bond acceptors (Lipinski definition) is 5. The summed E-state index contributed by atoms with van der Waals surface area (Å²) in [6.07, 6.45) is 1.64. The van der Waals surface area contributed by atoms with E-state index >= 15 is 0 Å². The summed E-state index contributed by atoms with van der Waals surface area (Å²) in [6.45, 7) is 0. The molecule has 19 heavy (non-hydrogen) atoms. The molecule has 0 amide bonds. The van der Waals surface area contributed by atoms with Gasteiger partial charge in [0.05, 0.1) is 17.7 Å². The predicted octanol–water partition coefficient (Wildman–Crippen LogP) is 0.812. The van der Waals surface area contributed by atoms with Crippen molar-refractivity contribution in [3.05, 3.63) is 30.5 Å². The van der Waals surface area contributed by atoms with Crippen molar-refractivity contribution in [2.45, 2.75) is 4.90 Å². The van der Waals surface area contributed by atoms with E-state index in [0.717, 1.165) is 0 Å². The number of ether oxygens (including phenoxy) is 1. The Morgan fingerprint density at radius 2 is 2.11 bits per heavy atom. The third-order valence-corrected chi connectivity index (χ3v) is 3.82. The van der Waals surface area contributed by atoms with Gasteiger partial charge in [0.2, 0.25) is 0 Å². The normalized spacial score (nSPS) is 11.3. The highest BCUT2D eigenvalue weighted by Crippen LogP contribution is 2.25. The predicted molar refractivity (Wildman–Crippen MR) is 71.4 cm³/mol. The second-order valence-electron chi connectivity index (χ2n) is 3.88. The van der Waals surface area contributed by atoms with E-state index in [2.05, 4.69) is 9.82 Å². The number of sulfonamides is 1. The van der Waals surface area contributed by atoms with Crippen molar-refractivity contribution in [1.29, 1.82) is 0 Å². The van der Waals surface area contributed by atoms with E-state index in [1.165, 1.54) is 30.0 Å². The summed E-state index contributed by atoms with van der Waals surface area (Å²) in [5, 5.41) is 3.95. The van der Waals surface area contributed by atoms with Crippen LogP contribution >= 0.6 is 0 Å². The van der Waals surface area contributed by atoms with Gasteiger partial charge in [0.15, 0.2) is 5.82 Å². The lowest BCUT2D eigenvalue weighted by Gasteiger charge is -2.09. The molecule has 0 atom stereocenters. The van der Waals surface area contributed by atoms with Crippen LogP contribution in [0.4, 0.5) is 11.5 Å². The molecule has 1 aromatic carbocycles. The van der Waals surface area contributed by atoms with Gasteiger partial charge in [-0.25, -0.2) is 8.42 Å². The van der Waals surface area contributed by atoms with Gasteiger partial charge in [0, 0.05) is 25.4 Å². The zero-order chi connectivity index (χ0) is 14.0. The molecule has 0 unspecified atom stereocenters. The highest BCUT2D eigenvalue weighted by molar-refractivity contribution is 7.92. The van der Waals surface area contributed by atoms with Crippen LogP contribution in [0.3, 0.4) is 0 Å². The molecule has 8 heteroatoms. The fourth-order valence-corrected chi connectivity index (χ4v) is 2.54. The molecule has 1 aromatic heterocycles. The number of aryl methyl sites for hydroxylation is 1. The van der Waals surface area contributed by atoms with Crippen molar-refractivity contribution < 1.29 is 13.2 Å². The highest BCUT2D eigenvalue weighted by Gasteiger charge is 2.17. The van der Waals surface area contributed by atoms with Crippen LogP contribution in [0.15, 0.2) is 35.4 Å². The van der Waals surface area contributed by atoms with E-state index in [0.29, 0.717) is 11.4 Å². The minimum Gasteiger partial charge on any atom is -0.495 e.